The molecule has 1 atom stereocenters. The topological polar surface area (TPSA) is 95.5 Å². The van der Waals surface area contributed by atoms with Crippen LogP contribution in [0.4, 0.5) is 0 Å². The average Bonchev–Trinajstić information content (AvgIpc) is 2.48. The Labute approximate surface area is 142 Å². The summed E-state index contributed by atoms with van der Waals surface area (Å²) in [6.07, 6.45) is 0. The number of rotatable bonds is 6. The molecule has 0 unspecified atom stereocenters. The number of hydrogen-bond donors (Lipinski definition) is 3. The minimum absolute atomic E-state index is 0.0504. The summed E-state index contributed by atoms with van der Waals surface area (Å²) in [6.45, 7) is 9.36. The van der Waals surface area contributed by atoms with E-state index in [1.54, 1.807) is 38.1 Å². The molecule has 6 nitrogen and oxygen atoms in total. The molecule has 3 N–H and O–H groups in total. The van der Waals surface area contributed by atoms with Gasteiger partial charge in [0.1, 0.15) is 6.04 Å². The third kappa shape index (κ3) is 5.68. The fourth-order valence-electron chi connectivity index (χ4n) is 1.96. The lowest BCUT2D eigenvalue weighted by molar-refractivity contribution is -0.140. The second-order valence-corrected chi connectivity index (χ2v) is 7.16. The van der Waals surface area contributed by atoms with E-state index in [9.17, 15) is 14.4 Å². The molecule has 0 saturated heterocycles. The zero-order chi connectivity index (χ0) is 18.5. The van der Waals surface area contributed by atoms with Crippen molar-refractivity contribution in [1.29, 1.82) is 0 Å². The Bertz CT molecular complexity index is 600. The Morgan fingerprint density at radius 2 is 1.62 bits per heavy atom. The zero-order valence-corrected chi connectivity index (χ0v) is 14.8. The number of carboxylic acid groups (broad SMARTS) is 1. The first-order valence-electron chi connectivity index (χ1n) is 7.93. The van der Waals surface area contributed by atoms with Crippen LogP contribution in [0.25, 0.3) is 0 Å². The van der Waals surface area contributed by atoms with E-state index in [0.717, 1.165) is 5.56 Å². The molecule has 0 aliphatic heterocycles. The fraction of sp³-hybridized carbons (Fsp3) is 0.500. The van der Waals surface area contributed by atoms with Crippen molar-refractivity contribution in [3.8, 4) is 0 Å². The molecule has 0 heterocycles. The van der Waals surface area contributed by atoms with Crippen molar-refractivity contribution < 1.29 is 19.5 Å². The second kappa shape index (κ2) is 7.95. The number of aliphatic carboxylic acids is 1. The lowest BCUT2D eigenvalue weighted by atomic mass is 9.95. The molecule has 1 rings (SSSR count). The number of hydrogen-bond acceptors (Lipinski definition) is 3. The summed E-state index contributed by atoms with van der Waals surface area (Å²) in [4.78, 5) is 35.1. The van der Waals surface area contributed by atoms with Crippen LogP contribution in [0, 0.1) is 11.3 Å². The van der Waals surface area contributed by atoms with Crippen molar-refractivity contribution in [2.45, 2.75) is 47.2 Å². The predicted molar refractivity (Wildman–Crippen MR) is 91.5 cm³/mol. The normalized spacial score (nSPS) is 12.6. The van der Waals surface area contributed by atoms with E-state index < -0.39 is 23.3 Å². The lowest BCUT2D eigenvalue weighted by Gasteiger charge is -2.18. The van der Waals surface area contributed by atoms with Gasteiger partial charge >= 0.3 is 5.97 Å². The largest absolute Gasteiger partial charge is 0.480 e. The van der Waals surface area contributed by atoms with Gasteiger partial charge in [0.25, 0.3) is 5.91 Å². The van der Waals surface area contributed by atoms with E-state index in [1.165, 1.54) is 0 Å². The fourth-order valence-corrected chi connectivity index (χ4v) is 1.96. The van der Waals surface area contributed by atoms with Gasteiger partial charge < -0.3 is 15.7 Å². The highest BCUT2D eigenvalue weighted by Crippen LogP contribution is 2.13. The van der Waals surface area contributed by atoms with Crippen LogP contribution in [0.1, 0.15) is 50.5 Å². The highest BCUT2D eigenvalue weighted by atomic mass is 16.4. The molecule has 0 bridgehead atoms. The number of carboxylic acids is 1. The SMILES string of the molecule is CC(C)[C@H](NC(=O)c1ccc(CNC(=O)C(C)(C)C)cc1)C(=O)O. The smallest absolute Gasteiger partial charge is 0.326 e. The van der Waals surface area contributed by atoms with Crippen molar-refractivity contribution in [1.82, 2.24) is 10.6 Å². The highest BCUT2D eigenvalue weighted by molar-refractivity contribution is 5.96. The maximum Gasteiger partial charge on any atom is 0.326 e. The predicted octanol–water partition coefficient (Wildman–Crippen LogP) is 2.19. The van der Waals surface area contributed by atoms with E-state index in [2.05, 4.69) is 10.6 Å². The van der Waals surface area contributed by atoms with Crippen molar-refractivity contribution in [2.24, 2.45) is 11.3 Å². The van der Waals surface area contributed by atoms with Gasteiger partial charge in [-0.2, -0.15) is 0 Å². The molecular formula is C18H26N2O4. The molecule has 6 heteroatoms. The van der Waals surface area contributed by atoms with Crippen LogP contribution < -0.4 is 10.6 Å². The maximum atomic E-state index is 12.1. The molecule has 0 spiro atoms. The van der Waals surface area contributed by atoms with Gasteiger partial charge in [-0.25, -0.2) is 4.79 Å². The third-order valence-corrected chi connectivity index (χ3v) is 3.57. The first-order chi connectivity index (χ1) is 11.0. The van der Waals surface area contributed by atoms with Crippen LogP contribution in [0.15, 0.2) is 24.3 Å². The van der Waals surface area contributed by atoms with Crippen molar-refractivity contribution in [2.75, 3.05) is 0 Å². The van der Waals surface area contributed by atoms with Gasteiger partial charge in [-0.3, -0.25) is 9.59 Å². The summed E-state index contributed by atoms with van der Waals surface area (Å²) in [7, 11) is 0. The molecule has 0 aromatic heterocycles. The molecule has 0 aliphatic carbocycles. The summed E-state index contributed by atoms with van der Waals surface area (Å²) < 4.78 is 0. The molecule has 0 saturated carbocycles. The first kappa shape index (κ1) is 19.7. The lowest BCUT2D eigenvalue weighted by Crippen LogP contribution is -2.44. The van der Waals surface area contributed by atoms with Crippen molar-refractivity contribution in [3.05, 3.63) is 35.4 Å². The van der Waals surface area contributed by atoms with Crippen LogP contribution in [0.5, 0.6) is 0 Å². The third-order valence-electron chi connectivity index (χ3n) is 3.57. The molecule has 1 aromatic rings. The van der Waals surface area contributed by atoms with Gasteiger partial charge in [0.15, 0.2) is 0 Å². The molecule has 0 aliphatic rings. The van der Waals surface area contributed by atoms with Crippen LogP contribution in [-0.2, 0) is 16.1 Å². The Morgan fingerprint density at radius 1 is 1.08 bits per heavy atom. The van der Waals surface area contributed by atoms with Crippen LogP contribution >= 0.6 is 0 Å². The Hall–Kier alpha value is -2.37. The van der Waals surface area contributed by atoms with Crippen molar-refractivity contribution >= 4 is 17.8 Å². The number of benzene rings is 1. The number of nitrogens with one attached hydrogen (secondary N) is 2. The average molecular weight is 334 g/mol. The van der Waals surface area contributed by atoms with Gasteiger partial charge in [0.05, 0.1) is 0 Å². The number of carbonyl (C=O) groups excluding carboxylic acids is 2. The van der Waals surface area contributed by atoms with Crippen LogP contribution in [0.2, 0.25) is 0 Å². The van der Waals surface area contributed by atoms with Gasteiger partial charge in [0, 0.05) is 17.5 Å². The summed E-state index contributed by atoms with van der Waals surface area (Å²) in [5, 5.41) is 14.5. The number of amides is 2. The Morgan fingerprint density at radius 3 is 2.04 bits per heavy atom. The monoisotopic (exact) mass is 334 g/mol. The Balaban J connectivity index is 2.68. The van der Waals surface area contributed by atoms with Crippen LogP contribution in [-0.4, -0.2) is 28.9 Å². The van der Waals surface area contributed by atoms with Gasteiger partial charge in [-0.15, -0.1) is 0 Å². The maximum absolute atomic E-state index is 12.1. The van der Waals surface area contributed by atoms with E-state index in [-0.39, 0.29) is 11.8 Å². The zero-order valence-electron chi connectivity index (χ0n) is 14.8. The summed E-state index contributed by atoms with van der Waals surface area (Å²) in [6, 6.07) is 5.79. The summed E-state index contributed by atoms with van der Waals surface area (Å²) in [5.41, 5.74) is 0.790. The molecule has 0 radical (unpaired) electrons. The minimum Gasteiger partial charge on any atom is -0.480 e. The number of carbonyl (C=O) groups is 3. The second-order valence-electron chi connectivity index (χ2n) is 7.16. The highest BCUT2D eigenvalue weighted by Gasteiger charge is 2.24. The summed E-state index contributed by atoms with van der Waals surface area (Å²) in [5.74, 6) is -1.75. The van der Waals surface area contributed by atoms with E-state index in [1.807, 2.05) is 20.8 Å². The molecule has 2 amide bonds. The van der Waals surface area contributed by atoms with Crippen LogP contribution in [0.3, 0.4) is 0 Å². The van der Waals surface area contributed by atoms with E-state index in [4.69, 9.17) is 5.11 Å². The molecule has 24 heavy (non-hydrogen) atoms. The summed E-state index contributed by atoms with van der Waals surface area (Å²) >= 11 is 0. The molecule has 1 aromatic carbocycles. The van der Waals surface area contributed by atoms with Crippen molar-refractivity contribution in [3.63, 3.8) is 0 Å². The first-order valence-corrected chi connectivity index (χ1v) is 7.93. The molecular weight excluding hydrogens is 308 g/mol. The van der Waals surface area contributed by atoms with E-state index >= 15 is 0 Å². The minimum atomic E-state index is -1.06. The molecule has 0 fully saturated rings. The van der Waals surface area contributed by atoms with Gasteiger partial charge in [0.2, 0.25) is 5.91 Å². The Kier molecular flexibility index (Phi) is 6.51. The van der Waals surface area contributed by atoms with Gasteiger partial charge in [-0.1, -0.05) is 46.8 Å². The van der Waals surface area contributed by atoms with E-state index in [0.29, 0.717) is 12.1 Å². The van der Waals surface area contributed by atoms with Gasteiger partial charge in [-0.05, 0) is 23.6 Å². The standard InChI is InChI=1S/C18H26N2O4/c1-11(2)14(16(22)23)20-15(21)13-8-6-12(7-9-13)10-19-17(24)18(3,4)5/h6-9,11,14H,10H2,1-5H3,(H,19,24)(H,20,21)(H,22,23)/t14-/m0/s1. The molecule has 132 valence electrons. The quantitative estimate of drug-likeness (QED) is 0.743.